The van der Waals surface area contributed by atoms with Gasteiger partial charge in [-0.1, -0.05) is 0 Å². The molecule has 7 heteroatoms. The van der Waals surface area contributed by atoms with E-state index in [1.165, 1.54) is 0 Å². The third-order valence-electron chi connectivity index (χ3n) is 1.39. The number of rotatable bonds is 2. The van der Waals surface area contributed by atoms with E-state index < -0.39 is 12.1 Å². The molecule has 1 rings (SSSR count). The normalized spacial score (nSPS) is 11.4. The Hall–Kier alpha value is -1.50. The summed E-state index contributed by atoms with van der Waals surface area (Å²) in [5, 5.41) is 0. The number of anilines is 1. The maximum absolute atomic E-state index is 11.8. The lowest BCUT2D eigenvalue weighted by molar-refractivity contribution is -0.274. The minimum Gasteiger partial charge on any atom is -0.403 e. The number of aromatic nitrogens is 1. The Bertz CT molecular complexity index is 326. The molecule has 1 aromatic heterocycles. The van der Waals surface area contributed by atoms with Crippen LogP contribution in [0.15, 0.2) is 12.3 Å². The first-order valence-corrected chi connectivity index (χ1v) is 3.62. The van der Waals surface area contributed by atoms with Crippen molar-refractivity contribution < 1.29 is 17.9 Å². The van der Waals surface area contributed by atoms with E-state index in [9.17, 15) is 13.2 Å². The van der Waals surface area contributed by atoms with Crippen LogP contribution in [0.25, 0.3) is 0 Å². The van der Waals surface area contributed by atoms with E-state index in [0.29, 0.717) is 0 Å². The zero-order valence-electron chi connectivity index (χ0n) is 7.01. The SMILES string of the molecule is NCc1cc(OC(F)(F)F)c(N)cn1. The summed E-state index contributed by atoms with van der Waals surface area (Å²) < 4.78 is 39.1. The Morgan fingerprint density at radius 2 is 2.07 bits per heavy atom. The van der Waals surface area contributed by atoms with Crippen LogP contribution in [0.5, 0.6) is 5.75 Å². The molecule has 1 aromatic rings. The molecule has 78 valence electrons. The number of halogens is 3. The highest BCUT2D eigenvalue weighted by Gasteiger charge is 2.32. The van der Waals surface area contributed by atoms with Gasteiger partial charge in [-0.25, -0.2) is 0 Å². The van der Waals surface area contributed by atoms with Crippen molar-refractivity contribution in [1.82, 2.24) is 4.98 Å². The highest BCUT2D eigenvalue weighted by atomic mass is 19.4. The summed E-state index contributed by atoms with van der Waals surface area (Å²) in [6.07, 6.45) is -3.69. The van der Waals surface area contributed by atoms with E-state index in [1.807, 2.05) is 0 Å². The van der Waals surface area contributed by atoms with E-state index in [-0.39, 0.29) is 17.9 Å². The highest BCUT2D eigenvalue weighted by molar-refractivity contribution is 5.51. The number of nitrogen functional groups attached to an aromatic ring is 1. The average molecular weight is 207 g/mol. The third kappa shape index (κ3) is 2.77. The van der Waals surface area contributed by atoms with Crippen molar-refractivity contribution in [1.29, 1.82) is 0 Å². The van der Waals surface area contributed by atoms with Gasteiger partial charge in [0.2, 0.25) is 0 Å². The van der Waals surface area contributed by atoms with Crippen molar-refractivity contribution in [2.24, 2.45) is 5.73 Å². The van der Waals surface area contributed by atoms with Crippen LogP contribution in [0.4, 0.5) is 18.9 Å². The lowest BCUT2D eigenvalue weighted by Gasteiger charge is -2.11. The molecule has 0 aliphatic carbocycles. The van der Waals surface area contributed by atoms with E-state index >= 15 is 0 Å². The fraction of sp³-hybridized carbons (Fsp3) is 0.286. The van der Waals surface area contributed by atoms with Crippen molar-refractivity contribution in [2.75, 3.05) is 5.73 Å². The summed E-state index contributed by atoms with van der Waals surface area (Å²) in [6, 6.07) is 1.06. The molecule has 4 nitrogen and oxygen atoms in total. The quantitative estimate of drug-likeness (QED) is 0.759. The molecule has 14 heavy (non-hydrogen) atoms. The predicted octanol–water partition coefficient (Wildman–Crippen LogP) is 1.02. The smallest absolute Gasteiger partial charge is 0.403 e. The molecule has 0 spiro atoms. The standard InChI is InChI=1S/C7H8F3N3O/c8-7(9,10)14-6-1-4(2-11)13-3-5(6)12/h1,3H,2,11-12H2. The monoisotopic (exact) mass is 207 g/mol. The largest absolute Gasteiger partial charge is 0.573 e. The molecular formula is C7H8F3N3O. The maximum Gasteiger partial charge on any atom is 0.573 e. The second-order valence-corrected chi connectivity index (χ2v) is 2.47. The van der Waals surface area contributed by atoms with Gasteiger partial charge in [-0.15, -0.1) is 13.2 Å². The van der Waals surface area contributed by atoms with Crippen LogP contribution >= 0.6 is 0 Å². The van der Waals surface area contributed by atoms with Crippen LogP contribution in [0.3, 0.4) is 0 Å². The summed E-state index contributed by atoms with van der Waals surface area (Å²) >= 11 is 0. The molecule has 0 unspecified atom stereocenters. The molecular weight excluding hydrogens is 199 g/mol. The van der Waals surface area contributed by atoms with Gasteiger partial charge in [0.15, 0.2) is 5.75 Å². The Morgan fingerprint density at radius 1 is 1.43 bits per heavy atom. The lowest BCUT2D eigenvalue weighted by atomic mass is 10.3. The van der Waals surface area contributed by atoms with Crippen molar-refractivity contribution in [3.63, 3.8) is 0 Å². The van der Waals surface area contributed by atoms with Crippen LogP contribution in [0, 0.1) is 0 Å². The second kappa shape index (κ2) is 3.70. The van der Waals surface area contributed by atoms with Crippen molar-refractivity contribution in [3.8, 4) is 5.75 Å². The summed E-state index contributed by atoms with van der Waals surface area (Å²) in [6.45, 7) is 0.0223. The van der Waals surface area contributed by atoms with Crippen LogP contribution in [-0.2, 0) is 6.54 Å². The zero-order chi connectivity index (χ0) is 10.8. The van der Waals surface area contributed by atoms with Gasteiger partial charge < -0.3 is 16.2 Å². The van der Waals surface area contributed by atoms with E-state index in [4.69, 9.17) is 11.5 Å². The number of alkyl halides is 3. The summed E-state index contributed by atoms with van der Waals surface area (Å²) in [5.74, 6) is -0.479. The Balaban J connectivity index is 2.95. The Morgan fingerprint density at radius 3 is 2.57 bits per heavy atom. The summed E-state index contributed by atoms with van der Waals surface area (Å²) in [5.41, 5.74) is 10.5. The molecule has 0 saturated heterocycles. The number of nitrogens with two attached hydrogens (primary N) is 2. The first-order valence-electron chi connectivity index (χ1n) is 3.62. The van der Waals surface area contributed by atoms with Gasteiger partial charge in [-0.05, 0) is 0 Å². The van der Waals surface area contributed by atoms with Crippen molar-refractivity contribution in [3.05, 3.63) is 18.0 Å². The molecule has 4 N–H and O–H groups in total. The van der Waals surface area contributed by atoms with E-state index in [1.54, 1.807) is 0 Å². The molecule has 0 bridgehead atoms. The zero-order valence-corrected chi connectivity index (χ0v) is 7.01. The number of nitrogens with zero attached hydrogens (tertiary/aromatic N) is 1. The van der Waals surface area contributed by atoms with Gasteiger partial charge >= 0.3 is 6.36 Å². The van der Waals surface area contributed by atoms with Crippen molar-refractivity contribution in [2.45, 2.75) is 12.9 Å². The van der Waals surface area contributed by atoms with E-state index in [0.717, 1.165) is 12.3 Å². The predicted molar refractivity (Wildman–Crippen MR) is 43.2 cm³/mol. The van der Waals surface area contributed by atoms with Gasteiger partial charge in [0.1, 0.15) is 0 Å². The minimum atomic E-state index is -4.76. The van der Waals surface area contributed by atoms with E-state index in [2.05, 4.69) is 9.72 Å². The van der Waals surface area contributed by atoms with Crippen LogP contribution < -0.4 is 16.2 Å². The van der Waals surface area contributed by atoms with Gasteiger partial charge in [0.25, 0.3) is 0 Å². The summed E-state index contributed by atoms with van der Waals surface area (Å²) in [4.78, 5) is 3.69. The molecule has 0 amide bonds. The third-order valence-corrected chi connectivity index (χ3v) is 1.39. The number of pyridine rings is 1. The molecule has 0 aliphatic heterocycles. The topological polar surface area (TPSA) is 74.2 Å². The molecule has 0 radical (unpaired) electrons. The second-order valence-electron chi connectivity index (χ2n) is 2.47. The van der Waals surface area contributed by atoms with Gasteiger partial charge in [-0.2, -0.15) is 0 Å². The van der Waals surface area contributed by atoms with Gasteiger partial charge in [-0.3, -0.25) is 4.98 Å². The molecule has 0 aliphatic rings. The Kier molecular flexibility index (Phi) is 2.80. The molecule has 0 saturated carbocycles. The first kappa shape index (κ1) is 10.6. The lowest BCUT2D eigenvalue weighted by Crippen LogP contribution is -2.18. The Labute approximate surface area is 77.7 Å². The average Bonchev–Trinajstić information content (AvgIpc) is 2.06. The molecule has 0 fully saturated rings. The number of ether oxygens (including phenoxy) is 1. The molecule has 0 atom stereocenters. The molecule has 0 aromatic carbocycles. The van der Waals surface area contributed by atoms with Gasteiger partial charge in [0, 0.05) is 12.6 Å². The van der Waals surface area contributed by atoms with Crippen molar-refractivity contribution >= 4 is 5.69 Å². The maximum atomic E-state index is 11.8. The van der Waals surface area contributed by atoms with Gasteiger partial charge in [0.05, 0.1) is 17.6 Å². The van der Waals surface area contributed by atoms with Crippen LogP contribution in [0.1, 0.15) is 5.69 Å². The first-order chi connectivity index (χ1) is 6.42. The number of hydrogen-bond donors (Lipinski definition) is 2. The fourth-order valence-corrected chi connectivity index (χ4v) is 0.813. The fourth-order valence-electron chi connectivity index (χ4n) is 0.813. The summed E-state index contributed by atoms with van der Waals surface area (Å²) in [7, 11) is 0. The van der Waals surface area contributed by atoms with Crippen LogP contribution in [-0.4, -0.2) is 11.3 Å². The van der Waals surface area contributed by atoms with Crippen LogP contribution in [0.2, 0.25) is 0 Å². The minimum absolute atomic E-state index is 0.0223. The number of hydrogen-bond acceptors (Lipinski definition) is 4. The highest BCUT2D eigenvalue weighted by Crippen LogP contribution is 2.27. The molecule has 1 heterocycles.